The Kier molecular flexibility index (Phi) is 7.06. The summed E-state index contributed by atoms with van der Waals surface area (Å²) in [6.45, 7) is 8.27. The molecule has 0 saturated carbocycles. The third kappa shape index (κ3) is 4.56. The van der Waals surface area contributed by atoms with Crippen molar-refractivity contribution in [3.63, 3.8) is 0 Å². The molecule has 0 bridgehead atoms. The number of aromatic nitrogens is 3. The maximum absolute atomic E-state index is 13.0. The molecule has 1 amide bonds. The lowest BCUT2D eigenvalue weighted by Gasteiger charge is -2.26. The van der Waals surface area contributed by atoms with Gasteiger partial charge >= 0.3 is 0 Å². The van der Waals surface area contributed by atoms with Crippen LogP contribution in [-0.2, 0) is 4.79 Å². The molecule has 2 rings (SSSR count). The van der Waals surface area contributed by atoms with Gasteiger partial charge in [-0.2, -0.15) is 16.9 Å². The highest BCUT2D eigenvalue weighted by molar-refractivity contribution is 7.99. The van der Waals surface area contributed by atoms with E-state index in [1.165, 1.54) is 11.8 Å². The Bertz CT molecular complexity index is 786. The summed E-state index contributed by atoms with van der Waals surface area (Å²) in [5.74, 6) is 0.136. The van der Waals surface area contributed by atoms with Crippen LogP contribution < -0.4 is 4.90 Å². The minimum Gasteiger partial charge on any atom is -0.309 e. The van der Waals surface area contributed by atoms with Crippen LogP contribution in [0, 0.1) is 12.8 Å². The predicted octanol–water partition coefficient (Wildman–Crippen LogP) is 3.95. The molecule has 0 N–H and O–H groups in total. The van der Waals surface area contributed by atoms with E-state index in [9.17, 15) is 4.79 Å². The van der Waals surface area contributed by atoms with Gasteiger partial charge in [0, 0.05) is 28.8 Å². The first-order valence-electron chi connectivity index (χ1n) is 8.40. The lowest BCUT2D eigenvalue weighted by Crippen LogP contribution is -2.38. The van der Waals surface area contributed by atoms with Gasteiger partial charge in [0.1, 0.15) is 0 Å². The van der Waals surface area contributed by atoms with Crippen LogP contribution in [0.2, 0.25) is 0 Å². The van der Waals surface area contributed by atoms with Crippen molar-refractivity contribution in [2.75, 3.05) is 17.3 Å². The molecule has 0 spiro atoms. The molecule has 2 aromatic rings. The maximum Gasteiger partial charge on any atom is 0.231 e. The van der Waals surface area contributed by atoms with Crippen molar-refractivity contribution in [3.8, 4) is 5.69 Å². The molecular weight excluding hydrogens is 350 g/mol. The van der Waals surface area contributed by atoms with E-state index >= 15 is 0 Å². The highest BCUT2D eigenvalue weighted by Gasteiger charge is 2.27. The zero-order valence-corrected chi connectivity index (χ0v) is 16.2. The van der Waals surface area contributed by atoms with Gasteiger partial charge in [-0.3, -0.25) is 9.78 Å². The molecule has 0 saturated heterocycles. The minimum atomic E-state index is -0.213. The topological polar surface area (TPSA) is 99.8 Å². The summed E-state index contributed by atoms with van der Waals surface area (Å²) >= 11 is 1.47. The number of hydrogen-bond donors (Lipinski definition) is 0. The summed E-state index contributed by atoms with van der Waals surface area (Å²) in [7, 11) is 0. The molecule has 2 aromatic heterocycles. The smallest absolute Gasteiger partial charge is 0.231 e. The zero-order chi connectivity index (χ0) is 19.1. The zero-order valence-electron chi connectivity index (χ0n) is 15.4. The Balaban J connectivity index is 2.21. The van der Waals surface area contributed by atoms with Crippen LogP contribution in [0.5, 0.6) is 0 Å². The monoisotopic (exact) mass is 373 g/mol. The second-order valence-electron chi connectivity index (χ2n) is 5.86. The van der Waals surface area contributed by atoms with E-state index in [1.807, 2.05) is 46.0 Å². The largest absolute Gasteiger partial charge is 0.309 e. The average Bonchev–Trinajstić information content (AvgIpc) is 3.04. The number of nitrogens with zero attached hydrogens (tertiary/aromatic N) is 7. The molecule has 0 radical (unpaired) electrons. The summed E-state index contributed by atoms with van der Waals surface area (Å²) in [6, 6.07) is 3.76. The van der Waals surface area contributed by atoms with E-state index in [0.717, 1.165) is 17.1 Å². The van der Waals surface area contributed by atoms with Crippen molar-refractivity contribution in [1.29, 1.82) is 0 Å². The summed E-state index contributed by atoms with van der Waals surface area (Å²) in [6.07, 6.45) is 5.30. The van der Waals surface area contributed by atoms with Gasteiger partial charge in [-0.1, -0.05) is 19.0 Å². The second kappa shape index (κ2) is 9.26. The standard InChI is InChI=1S/C17H23N7OS/c1-5-23(17(25)12(2)14(4)26-11-20-22-18)16-10-24(21-13(16)3)15-7-6-8-19-9-15/h6-10,12,14H,5,11H2,1-4H3. The number of carbonyl (C=O) groups is 1. The molecule has 2 heterocycles. The third-order valence-electron chi connectivity index (χ3n) is 4.21. The van der Waals surface area contributed by atoms with Crippen molar-refractivity contribution in [3.05, 3.63) is 46.9 Å². The van der Waals surface area contributed by atoms with Crippen molar-refractivity contribution in [1.82, 2.24) is 14.8 Å². The van der Waals surface area contributed by atoms with Crippen LogP contribution in [0.3, 0.4) is 0 Å². The molecule has 0 aromatic carbocycles. The molecule has 0 fully saturated rings. The van der Waals surface area contributed by atoms with Crippen LogP contribution in [-0.4, -0.2) is 38.3 Å². The number of azide groups is 1. The van der Waals surface area contributed by atoms with Gasteiger partial charge in [-0.15, -0.1) is 0 Å². The number of amides is 1. The molecule has 0 aliphatic heterocycles. The molecule has 26 heavy (non-hydrogen) atoms. The molecule has 2 unspecified atom stereocenters. The third-order valence-corrected chi connectivity index (χ3v) is 5.41. The van der Waals surface area contributed by atoms with E-state index < -0.39 is 0 Å². The number of hydrogen-bond acceptors (Lipinski definition) is 5. The van der Waals surface area contributed by atoms with Gasteiger partial charge in [0.05, 0.1) is 35.3 Å². The molecule has 9 heteroatoms. The van der Waals surface area contributed by atoms with E-state index in [-0.39, 0.29) is 17.1 Å². The Hall–Kier alpha value is -2.51. The highest BCUT2D eigenvalue weighted by atomic mass is 32.2. The predicted molar refractivity (Wildman–Crippen MR) is 104 cm³/mol. The summed E-state index contributed by atoms with van der Waals surface area (Å²) in [4.78, 5) is 21.6. The number of carbonyl (C=O) groups excluding carboxylic acids is 1. The molecular formula is C17H23N7OS. The Morgan fingerprint density at radius 2 is 2.27 bits per heavy atom. The fraction of sp³-hybridized carbons (Fsp3) is 0.471. The Morgan fingerprint density at radius 1 is 1.50 bits per heavy atom. The Morgan fingerprint density at radius 3 is 2.88 bits per heavy atom. The number of rotatable bonds is 8. The van der Waals surface area contributed by atoms with Crippen molar-refractivity contribution in [2.24, 2.45) is 11.0 Å². The first kappa shape index (κ1) is 19.8. The van der Waals surface area contributed by atoms with E-state index in [1.54, 1.807) is 22.0 Å². The van der Waals surface area contributed by atoms with Crippen LogP contribution >= 0.6 is 11.8 Å². The van der Waals surface area contributed by atoms with Crippen molar-refractivity contribution >= 4 is 23.4 Å². The first-order valence-corrected chi connectivity index (χ1v) is 9.45. The summed E-state index contributed by atoms with van der Waals surface area (Å²) in [5, 5.41) is 8.08. The van der Waals surface area contributed by atoms with Crippen molar-refractivity contribution < 1.29 is 4.79 Å². The van der Waals surface area contributed by atoms with Crippen molar-refractivity contribution in [2.45, 2.75) is 32.9 Å². The van der Waals surface area contributed by atoms with E-state index in [2.05, 4.69) is 20.1 Å². The summed E-state index contributed by atoms with van der Waals surface area (Å²) < 4.78 is 1.73. The second-order valence-corrected chi connectivity index (χ2v) is 7.19. The maximum atomic E-state index is 13.0. The quantitative estimate of drug-likeness (QED) is 0.397. The fourth-order valence-electron chi connectivity index (χ4n) is 2.55. The van der Waals surface area contributed by atoms with Gasteiger partial charge in [0.2, 0.25) is 5.91 Å². The van der Waals surface area contributed by atoms with Gasteiger partial charge in [-0.25, -0.2) is 4.68 Å². The van der Waals surface area contributed by atoms with Crippen LogP contribution in [0.15, 0.2) is 35.8 Å². The normalized spacial score (nSPS) is 12.9. The number of anilines is 1. The highest BCUT2D eigenvalue weighted by Crippen LogP contribution is 2.26. The molecule has 2 atom stereocenters. The summed E-state index contributed by atoms with van der Waals surface area (Å²) in [5.41, 5.74) is 10.8. The minimum absolute atomic E-state index is 0.0299. The molecule has 138 valence electrons. The van der Waals surface area contributed by atoms with E-state index in [4.69, 9.17) is 5.53 Å². The van der Waals surface area contributed by atoms with Gasteiger partial charge in [-0.05, 0) is 31.5 Å². The van der Waals surface area contributed by atoms with Gasteiger partial charge in [0.15, 0.2) is 0 Å². The van der Waals surface area contributed by atoms with E-state index in [0.29, 0.717) is 12.4 Å². The lowest BCUT2D eigenvalue weighted by atomic mass is 10.1. The molecule has 0 aliphatic rings. The SMILES string of the molecule is CCN(C(=O)C(C)C(C)SCN=[N+]=[N-])c1cn(-c2cccnc2)nc1C. The number of pyridine rings is 1. The van der Waals surface area contributed by atoms with Gasteiger partial charge in [0.25, 0.3) is 0 Å². The Labute approximate surface area is 157 Å². The molecule has 0 aliphatic carbocycles. The molecule has 8 nitrogen and oxygen atoms in total. The fourth-order valence-corrected chi connectivity index (χ4v) is 3.31. The van der Waals surface area contributed by atoms with Crippen LogP contribution in [0.1, 0.15) is 26.5 Å². The van der Waals surface area contributed by atoms with Crippen LogP contribution in [0.4, 0.5) is 5.69 Å². The number of aryl methyl sites for hydroxylation is 1. The first-order chi connectivity index (χ1) is 12.5. The average molecular weight is 373 g/mol. The van der Waals surface area contributed by atoms with Crippen LogP contribution in [0.25, 0.3) is 16.1 Å². The van der Waals surface area contributed by atoms with Gasteiger partial charge < -0.3 is 4.90 Å². The lowest BCUT2D eigenvalue weighted by molar-refractivity contribution is -0.121. The number of thioether (sulfide) groups is 1.